The Morgan fingerprint density at radius 1 is 1.42 bits per heavy atom. The zero-order chi connectivity index (χ0) is 9.03. The van der Waals surface area contributed by atoms with Crippen molar-refractivity contribution in [2.45, 2.75) is 18.9 Å². The molecular formula is C6H11BF3OS-. The van der Waals surface area contributed by atoms with Crippen LogP contribution in [0.2, 0.25) is 0 Å². The summed E-state index contributed by atoms with van der Waals surface area (Å²) in [7, 11) is 0. The fourth-order valence-electron chi connectivity index (χ4n) is 1.11. The van der Waals surface area contributed by atoms with Crippen LogP contribution in [0.25, 0.3) is 0 Å². The Kier molecular flexibility index (Phi) is 3.77. The Bertz CT molecular complexity index is 135. The van der Waals surface area contributed by atoms with Gasteiger partial charge in [-0.05, 0) is 18.5 Å². The second-order valence-electron chi connectivity index (χ2n) is 2.88. The number of hydrogen-bond donors (Lipinski definition) is 0. The Morgan fingerprint density at radius 2 is 2.17 bits per heavy atom. The molecule has 1 unspecified atom stereocenters. The SMILES string of the molecule is F[B-](F)(F)CSCC1CCCO1. The van der Waals surface area contributed by atoms with Gasteiger partial charge in [0, 0.05) is 12.4 Å². The second-order valence-corrected chi connectivity index (χ2v) is 3.96. The highest BCUT2D eigenvalue weighted by Crippen LogP contribution is 2.21. The third-order valence-electron chi connectivity index (χ3n) is 1.63. The minimum Gasteiger partial charge on any atom is -0.448 e. The lowest BCUT2D eigenvalue weighted by Gasteiger charge is -2.14. The van der Waals surface area contributed by atoms with Crippen LogP contribution in [0.3, 0.4) is 0 Å². The third-order valence-corrected chi connectivity index (χ3v) is 2.86. The Labute approximate surface area is 74.1 Å². The van der Waals surface area contributed by atoms with Crippen LogP contribution >= 0.6 is 11.8 Å². The van der Waals surface area contributed by atoms with Crippen LogP contribution in [-0.2, 0) is 4.74 Å². The van der Waals surface area contributed by atoms with Crippen molar-refractivity contribution in [3.05, 3.63) is 0 Å². The summed E-state index contributed by atoms with van der Waals surface area (Å²) in [5, 5.41) is 0. The zero-order valence-electron chi connectivity index (χ0n) is 6.64. The molecule has 1 rings (SSSR count). The molecule has 12 heavy (non-hydrogen) atoms. The molecule has 1 fully saturated rings. The smallest absolute Gasteiger partial charge is 0.448 e. The molecule has 0 N–H and O–H groups in total. The van der Waals surface area contributed by atoms with Gasteiger partial charge in [0.1, 0.15) is 0 Å². The summed E-state index contributed by atoms with van der Waals surface area (Å²) >= 11 is 0.935. The van der Waals surface area contributed by atoms with Crippen LogP contribution in [0.4, 0.5) is 12.9 Å². The summed E-state index contributed by atoms with van der Waals surface area (Å²) in [6.45, 7) is -3.91. The Hall–Kier alpha value is 0.165. The van der Waals surface area contributed by atoms with Gasteiger partial charge >= 0.3 is 6.98 Å². The quantitative estimate of drug-likeness (QED) is 0.642. The Morgan fingerprint density at radius 3 is 2.67 bits per heavy atom. The summed E-state index contributed by atoms with van der Waals surface area (Å²) in [5.74, 6) is 0.487. The maximum Gasteiger partial charge on any atom is 0.488 e. The number of hydrogen-bond acceptors (Lipinski definition) is 2. The molecule has 0 aromatic carbocycles. The van der Waals surface area contributed by atoms with Gasteiger partial charge in [0.2, 0.25) is 0 Å². The first-order valence-corrected chi connectivity index (χ1v) is 5.14. The summed E-state index contributed by atoms with van der Waals surface area (Å²) < 4.78 is 40.4. The van der Waals surface area contributed by atoms with Crippen LogP contribution in [0.15, 0.2) is 0 Å². The average Bonchev–Trinajstić information content (AvgIpc) is 2.36. The lowest BCUT2D eigenvalue weighted by Crippen LogP contribution is -2.21. The lowest BCUT2D eigenvalue weighted by atomic mass is 9.98. The van der Waals surface area contributed by atoms with E-state index in [1.54, 1.807) is 0 Å². The van der Waals surface area contributed by atoms with Crippen LogP contribution < -0.4 is 0 Å². The summed E-state index contributed by atoms with van der Waals surface area (Å²) in [6, 6.07) is 0. The first-order valence-electron chi connectivity index (χ1n) is 3.98. The van der Waals surface area contributed by atoms with E-state index < -0.39 is 12.6 Å². The number of halogens is 3. The van der Waals surface area contributed by atoms with E-state index in [1.165, 1.54) is 0 Å². The van der Waals surface area contributed by atoms with Gasteiger partial charge < -0.3 is 17.7 Å². The highest BCUT2D eigenvalue weighted by atomic mass is 32.2. The second kappa shape index (κ2) is 4.41. The van der Waals surface area contributed by atoms with Crippen LogP contribution in [-0.4, -0.2) is 31.1 Å². The number of ether oxygens (including phenoxy) is 1. The minimum atomic E-state index is -4.62. The molecule has 0 radical (unpaired) electrons. The van der Waals surface area contributed by atoms with Gasteiger partial charge in [0.05, 0.1) is 6.10 Å². The predicted octanol–water partition coefficient (Wildman–Crippen LogP) is 2.29. The Balaban J connectivity index is 2.02. The van der Waals surface area contributed by atoms with Crippen molar-refractivity contribution < 1.29 is 17.7 Å². The molecule has 6 heteroatoms. The first kappa shape index (κ1) is 10.2. The van der Waals surface area contributed by atoms with E-state index in [-0.39, 0.29) is 6.10 Å². The first-order chi connectivity index (χ1) is 5.58. The summed E-state index contributed by atoms with van der Waals surface area (Å²) in [6.07, 6.45) is 1.97. The maximum absolute atomic E-state index is 11.7. The van der Waals surface area contributed by atoms with Gasteiger partial charge in [-0.2, -0.15) is 11.8 Å². The van der Waals surface area contributed by atoms with Gasteiger partial charge in [-0.15, -0.1) is 0 Å². The molecular weight excluding hydrogens is 188 g/mol. The largest absolute Gasteiger partial charge is 0.488 e. The number of thioether (sulfide) groups is 1. The van der Waals surface area contributed by atoms with Gasteiger partial charge in [-0.25, -0.2) is 0 Å². The molecule has 1 saturated heterocycles. The minimum absolute atomic E-state index is 0.0631. The van der Waals surface area contributed by atoms with Gasteiger partial charge in [-0.3, -0.25) is 0 Å². The van der Waals surface area contributed by atoms with Crippen LogP contribution in [0.5, 0.6) is 0 Å². The molecule has 72 valence electrons. The van der Waals surface area contributed by atoms with Crippen molar-refractivity contribution in [2.75, 3.05) is 18.0 Å². The highest BCUT2D eigenvalue weighted by molar-refractivity contribution is 8.00. The molecule has 0 aromatic heterocycles. The molecule has 0 saturated carbocycles. The molecule has 1 aliphatic rings. The normalized spacial score (nSPS) is 24.8. The number of rotatable bonds is 4. The van der Waals surface area contributed by atoms with E-state index in [0.717, 1.165) is 24.6 Å². The lowest BCUT2D eigenvalue weighted by molar-refractivity contribution is 0.129. The molecule has 0 bridgehead atoms. The molecule has 1 nitrogen and oxygen atoms in total. The van der Waals surface area contributed by atoms with Crippen LogP contribution in [0.1, 0.15) is 12.8 Å². The molecule has 0 aliphatic carbocycles. The molecule has 1 aliphatic heterocycles. The molecule has 0 spiro atoms. The topological polar surface area (TPSA) is 9.23 Å². The highest BCUT2D eigenvalue weighted by Gasteiger charge is 2.24. The van der Waals surface area contributed by atoms with E-state index in [4.69, 9.17) is 4.74 Å². The standard InChI is InChI=1S/C6H11BF3OS/c8-7(9,10)5-12-4-6-2-1-3-11-6/h6H,1-5H2/q-1. The molecule has 1 heterocycles. The monoisotopic (exact) mass is 199 g/mol. The summed E-state index contributed by atoms with van der Waals surface area (Å²) in [4.78, 5) is 0. The maximum atomic E-state index is 11.7. The van der Waals surface area contributed by atoms with Gasteiger partial charge in [0.15, 0.2) is 0 Å². The van der Waals surface area contributed by atoms with E-state index in [2.05, 4.69) is 0 Å². The molecule has 0 aromatic rings. The van der Waals surface area contributed by atoms with Crippen molar-refractivity contribution in [1.82, 2.24) is 0 Å². The van der Waals surface area contributed by atoms with Crippen LogP contribution in [0, 0.1) is 0 Å². The van der Waals surface area contributed by atoms with Crippen molar-refractivity contribution >= 4 is 18.7 Å². The molecule has 0 amide bonds. The van der Waals surface area contributed by atoms with Crippen molar-refractivity contribution in [3.63, 3.8) is 0 Å². The molecule has 1 atom stereocenters. The van der Waals surface area contributed by atoms with Gasteiger partial charge in [0.25, 0.3) is 0 Å². The average molecular weight is 199 g/mol. The van der Waals surface area contributed by atoms with Crippen molar-refractivity contribution in [1.29, 1.82) is 0 Å². The van der Waals surface area contributed by atoms with E-state index in [9.17, 15) is 12.9 Å². The van der Waals surface area contributed by atoms with E-state index >= 15 is 0 Å². The van der Waals surface area contributed by atoms with E-state index in [1.807, 2.05) is 0 Å². The van der Waals surface area contributed by atoms with Crippen molar-refractivity contribution in [3.8, 4) is 0 Å². The van der Waals surface area contributed by atoms with Crippen molar-refractivity contribution in [2.24, 2.45) is 0 Å². The fourth-order valence-corrected chi connectivity index (χ4v) is 2.04. The fraction of sp³-hybridized carbons (Fsp3) is 1.00. The predicted molar refractivity (Wildman–Crippen MR) is 45.4 cm³/mol. The third kappa shape index (κ3) is 4.26. The van der Waals surface area contributed by atoms with Gasteiger partial charge in [-0.1, -0.05) is 0 Å². The summed E-state index contributed by atoms with van der Waals surface area (Å²) in [5.41, 5.74) is -0.695. The zero-order valence-corrected chi connectivity index (χ0v) is 7.46. The van der Waals surface area contributed by atoms with E-state index in [0.29, 0.717) is 12.4 Å².